The second-order valence-corrected chi connectivity index (χ2v) is 6.70. The maximum atomic E-state index is 11.5. The molecule has 2 aliphatic rings. The van der Waals surface area contributed by atoms with Gasteiger partial charge in [0.25, 0.3) is 0 Å². The number of likely N-dealkylation sites (tertiary alicyclic amines) is 1. The fourth-order valence-electron chi connectivity index (χ4n) is 2.54. The maximum Gasteiger partial charge on any atom is 0.323 e. The molecule has 2 saturated heterocycles. The Morgan fingerprint density at radius 1 is 1.39 bits per heavy atom. The quantitative estimate of drug-likeness (QED) is 0.568. The minimum atomic E-state index is -0.0849. The highest BCUT2D eigenvalue weighted by Gasteiger charge is 2.46. The van der Waals surface area contributed by atoms with Gasteiger partial charge < -0.3 is 4.74 Å². The third-order valence-corrected chi connectivity index (χ3v) is 5.46. The van der Waals surface area contributed by atoms with Crippen LogP contribution < -0.4 is 0 Å². The topological polar surface area (TPSA) is 29.5 Å². The van der Waals surface area contributed by atoms with Crippen molar-refractivity contribution in [3.8, 4) is 0 Å². The first-order chi connectivity index (χ1) is 8.54. The highest BCUT2D eigenvalue weighted by atomic mass is 79.9. The zero-order valence-corrected chi connectivity index (χ0v) is 13.3. The molecule has 0 N–H and O–H groups in total. The molecule has 6 heteroatoms. The lowest BCUT2D eigenvalue weighted by Crippen LogP contribution is -2.39. The molecule has 3 nitrogen and oxygen atoms in total. The molecule has 1 aromatic carbocycles. The summed E-state index contributed by atoms with van der Waals surface area (Å²) in [7, 11) is 0. The van der Waals surface area contributed by atoms with E-state index in [4.69, 9.17) is 16.3 Å². The van der Waals surface area contributed by atoms with Crippen molar-refractivity contribution in [2.45, 2.75) is 25.1 Å². The van der Waals surface area contributed by atoms with Gasteiger partial charge >= 0.3 is 5.97 Å². The Morgan fingerprint density at radius 3 is 2.61 bits per heavy atom. The summed E-state index contributed by atoms with van der Waals surface area (Å²) in [5.74, 6) is -0.0849. The Kier molecular flexibility index (Phi) is 3.43. The summed E-state index contributed by atoms with van der Waals surface area (Å²) >= 11 is 12.9. The van der Waals surface area contributed by atoms with Gasteiger partial charge in [0, 0.05) is 28.5 Å². The Bertz CT molecular complexity index is 500. The molecule has 1 aromatic rings. The standard InChI is InChI=1S/C12H10Br2ClNO2/c13-8-1-6(2-9(14)11(8)15)4-16-5-7-3-10(16)12(17)18-7/h1-2,7,10H,3-5H2. The molecule has 2 atom stereocenters. The summed E-state index contributed by atoms with van der Waals surface area (Å²) in [5, 5.41) is 0.668. The monoisotopic (exact) mass is 393 g/mol. The molecule has 18 heavy (non-hydrogen) atoms. The van der Waals surface area contributed by atoms with E-state index in [1.165, 1.54) is 0 Å². The normalized spacial score (nSPS) is 26.7. The van der Waals surface area contributed by atoms with Crippen molar-refractivity contribution in [1.29, 1.82) is 0 Å². The van der Waals surface area contributed by atoms with E-state index in [1.807, 2.05) is 12.1 Å². The molecule has 3 rings (SSSR count). The summed E-state index contributed by atoms with van der Waals surface area (Å²) in [5.41, 5.74) is 1.12. The summed E-state index contributed by atoms with van der Waals surface area (Å²) in [6, 6.07) is 3.91. The van der Waals surface area contributed by atoms with Gasteiger partial charge in [0.05, 0.1) is 5.02 Å². The number of fused-ring (bicyclic) bond motifs is 2. The minimum absolute atomic E-state index is 0.0665. The number of rotatable bonds is 2. The fourth-order valence-corrected chi connectivity index (χ4v) is 3.93. The van der Waals surface area contributed by atoms with Gasteiger partial charge in [-0.1, -0.05) is 11.6 Å². The molecule has 2 aliphatic heterocycles. The molecule has 0 amide bonds. The number of nitrogens with zero attached hydrogens (tertiary/aromatic N) is 1. The van der Waals surface area contributed by atoms with Crippen molar-refractivity contribution in [3.05, 3.63) is 31.7 Å². The van der Waals surface area contributed by atoms with Gasteiger partial charge in [-0.3, -0.25) is 9.69 Å². The van der Waals surface area contributed by atoms with Crippen molar-refractivity contribution in [2.75, 3.05) is 6.54 Å². The summed E-state index contributed by atoms with van der Waals surface area (Å²) < 4.78 is 6.90. The molecule has 2 bridgehead atoms. The zero-order chi connectivity index (χ0) is 12.9. The molecule has 0 radical (unpaired) electrons. The van der Waals surface area contributed by atoms with Gasteiger partial charge in [-0.15, -0.1) is 0 Å². The lowest BCUT2D eigenvalue weighted by molar-refractivity contribution is -0.151. The Balaban J connectivity index is 1.80. The lowest BCUT2D eigenvalue weighted by Gasteiger charge is -2.25. The van der Waals surface area contributed by atoms with E-state index in [-0.39, 0.29) is 18.1 Å². The van der Waals surface area contributed by atoms with Crippen molar-refractivity contribution in [2.24, 2.45) is 0 Å². The van der Waals surface area contributed by atoms with Crippen LogP contribution in [-0.2, 0) is 16.1 Å². The Hall–Kier alpha value is -0.100. The fraction of sp³-hybridized carbons (Fsp3) is 0.417. The average molecular weight is 395 g/mol. The SMILES string of the molecule is O=C1OC2CC1N(Cc1cc(Br)c(Cl)c(Br)c1)C2. The van der Waals surface area contributed by atoms with Gasteiger partial charge in [-0.25, -0.2) is 0 Å². The number of ether oxygens (including phenoxy) is 1. The van der Waals surface area contributed by atoms with Crippen LogP contribution in [0.25, 0.3) is 0 Å². The van der Waals surface area contributed by atoms with Crippen LogP contribution in [0.5, 0.6) is 0 Å². The van der Waals surface area contributed by atoms with E-state index >= 15 is 0 Å². The Morgan fingerprint density at radius 2 is 2.06 bits per heavy atom. The van der Waals surface area contributed by atoms with Crippen molar-refractivity contribution < 1.29 is 9.53 Å². The predicted molar refractivity (Wildman–Crippen MR) is 75.5 cm³/mol. The molecule has 2 heterocycles. The third-order valence-electron chi connectivity index (χ3n) is 3.35. The number of morpholine rings is 1. The first-order valence-corrected chi connectivity index (χ1v) is 7.59. The second-order valence-electron chi connectivity index (χ2n) is 4.61. The number of halogens is 3. The van der Waals surface area contributed by atoms with Crippen LogP contribution in [0.3, 0.4) is 0 Å². The average Bonchev–Trinajstić information content (AvgIpc) is 2.84. The van der Waals surface area contributed by atoms with Crippen LogP contribution in [0.4, 0.5) is 0 Å². The molecule has 2 unspecified atom stereocenters. The van der Waals surface area contributed by atoms with E-state index in [9.17, 15) is 4.79 Å². The zero-order valence-electron chi connectivity index (χ0n) is 9.33. The van der Waals surface area contributed by atoms with Crippen molar-refractivity contribution in [3.63, 3.8) is 0 Å². The Labute approximate surface area is 127 Å². The van der Waals surface area contributed by atoms with E-state index in [0.717, 1.165) is 34.0 Å². The lowest BCUT2D eigenvalue weighted by atomic mass is 10.2. The first-order valence-electron chi connectivity index (χ1n) is 5.62. The molecule has 0 aromatic heterocycles. The van der Waals surface area contributed by atoms with Crippen LogP contribution >= 0.6 is 43.5 Å². The van der Waals surface area contributed by atoms with Gasteiger partial charge in [0.15, 0.2) is 0 Å². The van der Waals surface area contributed by atoms with Gasteiger partial charge in [0.1, 0.15) is 12.1 Å². The van der Waals surface area contributed by atoms with Gasteiger partial charge in [-0.2, -0.15) is 0 Å². The number of hydrogen-bond acceptors (Lipinski definition) is 3. The highest BCUT2D eigenvalue weighted by molar-refractivity contribution is 9.11. The first kappa shape index (κ1) is 12.9. The van der Waals surface area contributed by atoms with E-state index in [2.05, 4.69) is 36.8 Å². The second kappa shape index (κ2) is 4.78. The predicted octanol–water partition coefficient (Wildman–Crippen LogP) is 3.36. The van der Waals surface area contributed by atoms with Gasteiger partial charge in [-0.05, 0) is 49.6 Å². The highest BCUT2D eigenvalue weighted by Crippen LogP contribution is 2.34. The third kappa shape index (κ3) is 2.22. The number of benzene rings is 1. The van der Waals surface area contributed by atoms with Gasteiger partial charge in [0.2, 0.25) is 0 Å². The van der Waals surface area contributed by atoms with Crippen LogP contribution in [0, 0.1) is 0 Å². The minimum Gasteiger partial charge on any atom is -0.460 e. The number of carbonyl (C=O) groups excluding carboxylic acids is 1. The summed E-state index contributed by atoms with van der Waals surface area (Å²) in [6.07, 6.45) is 0.913. The summed E-state index contributed by atoms with van der Waals surface area (Å²) in [6.45, 7) is 1.57. The van der Waals surface area contributed by atoms with E-state index < -0.39 is 0 Å². The molecule has 96 valence electrons. The number of hydrogen-bond donors (Lipinski definition) is 0. The number of esters is 1. The molecule has 0 aliphatic carbocycles. The van der Waals surface area contributed by atoms with Crippen molar-refractivity contribution in [1.82, 2.24) is 4.90 Å². The van der Waals surface area contributed by atoms with Crippen LogP contribution in [0.15, 0.2) is 21.1 Å². The summed E-state index contributed by atoms with van der Waals surface area (Å²) in [4.78, 5) is 13.7. The maximum absolute atomic E-state index is 11.5. The molecular formula is C12H10Br2ClNO2. The van der Waals surface area contributed by atoms with Crippen LogP contribution in [0.2, 0.25) is 5.02 Å². The molecule has 0 spiro atoms. The van der Waals surface area contributed by atoms with Crippen molar-refractivity contribution >= 4 is 49.4 Å². The molecule has 2 fully saturated rings. The molecule has 0 saturated carbocycles. The van der Waals surface area contributed by atoms with E-state index in [0.29, 0.717) is 5.02 Å². The largest absolute Gasteiger partial charge is 0.460 e. The van der Waals surface area contributed by atoms with E-state index in [1.54, 1.807) is 0 Å². The number of carbonyl (C=O) groups is 1. The van der Waals surface area contributed by atoms with Crippen LogP contribution in [-0.4, -0.2) is 29.6 Å². The molecular weight excluding hydrogens is 385 g/mol. The van der Waals surface area contributed by atoms with Crippen LogP contribution in [0.1, 0.15) is 12.0 Å². The smallest absolute Gasteiger partial charge is 0.323 e.